The van der Waals surface area contributed by atoms with E-state index < -0.39 is 0 Å². The maximum Gasteiger partial charge on any atom is 0.219 e. The van der Waals surface area contributed by atoms with E-state index >= 15 is 0 Å². The summed E-state index contributed by atoms with van der Waals surface area (Å²) in [5.74, 6) is 1.47. The molecule has 2 rings (SSSR count). The molecule has 6 heteroatoms. The Kier molecular flexibility index (Phi) is 5.17. The predicted molar refractivity (Wildman–Crippen MR) is 86.9 cm³/mol. The van der Waals surface area contributed by atoms with Gasteiger partial charge in [0.25, 0.3) is 0 Å². The van der Waals surface area contributed by atoms with Gasteiger partial charge in [-0.2, -0.15) is 0 Å². The van der Waals surface area contributed by atoms with Crippen LogP contribution in [0.15, 0.2) is 22.2 Å². The minimum atomic E-state index is 0.163. The van der Waals surface area contributed by atoms with Crippen molar-refractivity contribution >= 4 is 35.2 Å². The zero-order chi connectivity index (χ0) is 15.4. The summed E-state index contributed by atoms with van der Waals surface area (Å²) in [7, 11) is 1.66. The van der Waals surface area contributed by atoms with Crippen molar-refractivity contribution in [2.24, 2.45) is 15.9 Å². The second-order valence-corrected chi connectivity index (χ2v) is 5.69. The molecule has 114 valence electrons. The van der Waals surface area contributed by atoms with Crippen LogP contribution in [0.3, 0.4) is 0 Å². The first kappa shape index (κ1) is 15.8. The molecule has 5 nitrogen and oxygen atoms in total. The summed E-state index contributed by atoms with van der Waals surface area (Å²) in [4.78, 5) is 21.3. The summed E-state index contributed by atoms with van der Waals surface area (Å²) in [6, 6.07) is 1.92. The lowest BCUT2D eigenvalue weighted by atomic mass is 9.96. The fourth-order valence-corrected chi connectivity index (χ4v) is 2.93. The molecule has 1 fully saturated rings. The number of carbonyl (C=O) groups is 1. The third-order valence-corrected chi connectivity index (χ3v) is 4.39. The van der Waals surface area contributed by atoms with Crippen molar-refractivity contribution in [2.75, 3.05) is 20.1 Å². The largest absolute Gasteiger partial charge is 0.343 e. The van der Waals surface area contributed by atoms with E-state index in [1.807, 2.05) is 17.2 Å². The number of piperidine rings is 1. The molecule has 0 atom stereocenters. The van der Waals surface area contributed by atoms with Crippen LogP contribution in [0.25, 0.3) is 0 Å². The average Bonchev–Trinajstić information content (AvgIpc) is 2.89. The number of amides is 1. The van der Waals surface area contributed by atoms with Gasteiger partial charge in [-0.15, -0.1) is 0 Å². The second-order valence-electron chi connectivity index (χ2n) is 5.33. The number of hydrogen-bond acceptors (Lipinski definition) is 3. The standard InChI is InChI=1S/C15H21ClN4O/c1-11(21)19-7-4-12(5-8-19)10-20-9-6-13(14(16)17-2)15(20)18-3/h6,9,12H,3-5,7-8,10H2,1-2H3. The quantitative estimate of drug-likeness (QED) is 0.789. The molecule has 1 aromatic heterocycles. The maximum absolute atomic E-state index is 11.3. The molecular formula is C15H21ClN4O. The average molecular weight is 309 g/mol. The molecule has 0 N–H and O–H groups in total. The fraction of sp³-hybridized carbons (Fsp3) is 0.533. The number of nitrogens with zero attached hydrogens (tertiary/aromatic N) is 4. The van der Waals surface area contributed by atoms with Crippen molar-refractivity contribution in [2.45, 2.75) is 26.3 Å². The second kappa shape index (κ2) is 6.89. The van der Waals surface area contributed by atoms with Crippen LogP contribution in [0.1, 0.15) is 25.3 Å². The highest BCUT2D eigenvalue weighted by Gasteiger charge is 2.22. The van der Waals surface area contributed by atoms with E-state index in [0.29, 0.717) is 11.1 Å². The summed E-state index contributed by atoms with van der Waals surface area (Å²) >= 11 is 6.09. The number of rotatable bonds is 4. The van der Waals surface area contributed by atoms with Gasteiger partial charge < -0.3 is 9.47 Å². The van der Waals surface area contributed by atoms with Gasteiger partial charge in [0.05, 0.1) is 5.56 Å². The monoisotopic (exact) mass is 308 g/mol. The minimum absolute atomic E-state index is 0.163. The van der Waals surface area contributed by atoms with Gasteiger partial charge in [0.15, 0.2) is 0 Å². The molecule has 1 aliphatic rings. The van der Waals surface area contributed by atoms with E-state index in [1.54, 1.807) is 14.0 Å². The third-order valence-electron chi connectivity index (χ3n) is 4.02. The smallest absolute Gasteiger partial charge is 0.219 e. The van der Waals surface area contributed by atoms with Gasteiger partial charge in [0.1, 0.15) is 11.0 Å². The van der Waals surface area contributed by atoms with Gasteiger partial charge in [-0.05, 0) is 31.5 Å². The molecule has 0 saturated carbocycles. The van der Waals surface area contributed by atoms with Crippen LogP contribution >= 0.6 is 11.6 Å². The molecule has 1 saturated heterocycles. The minimum Gasteiger partial charge on any atom is -0.343 e. The SMILES string of the molecule is C=Nc1c(C(Cl)=NC)ccn1CC1CCN(C(C)=O)CC1. The Morgan fingerprint density at radius 1 is 1.48 bits per heavy atom. The van der Waals surface area contributed by atoms with Crippen LogP contribution in [0.4, 0.5) is 5.82 Å². The summed E-state index contributed by atoms with van der Waals surface area (Å²) in [5.41, 5.74) is 0.815. The van der Waals surface area contributed by atoms with E-state index in [4.69, 9.17) is 11.6 Å². The summed E-state index contributed by atoms with van der Waals surface area (Å²) < 4.78 is 2.07. The molecule has 0 spiro atoms. The van der Waals surface area contributed by atoms with Crippen LogP contribution in [-0.2, 0) is 11.3 Å². The topological polar surface area (TPSA) is 50.0 Å². The van der Waals surface area contributed by atoms with Crippen LogP contribution in [0.5, 0.6) is 0 Å². The Morgan fingerprint density at radius 3 is 2.67 bits per heavy atom. The first-order valence-corrected chi connectivity index (χ1v) is 7.48. The molecule has 0 radical (unpaired) electrons. The molecule has 0 aliphatic carbocycles. The number of carbonyl (C=O) groups excluding carboxylic acids is 1. The number of likely N-dealkylation sites (tertiary alicyclic amines) is 1. The Hall–Kier alpha value is -1.62. The number of halogens is 1. The fourth-order valence-electron chi connectivity index (χ4n) is 2.78. The Morgan fingerprint density at radius 2 is 2.14 bits per heavy atom. The van der Waals surface area contributed by atoms with E-state index in [2.05, 4.69) is 21.3 Å². The van der Waals surface area contributed by atoms with Gasteiger partial charge in [-0.25, -0.2) is 4.99 Å². The first-order chi connectivity index (χ1) is 10.1. The summed E-state index contributed by atoms with van der Waals surface area (Å²) in [6.07, 6.45) is 4.00. The zero-order valence-electron chi connectivity index (χ0n) is 12.5. The third kappa shape index (κ3) is 3.53. The molecule has 0 bridgehead atoms. The molecule has 0 unspecified atom stereocenters. The van der Waals surface area contributed by atoms with Crippen molar-refractivity contribution < 1.29 is 4.79 Å². The van der Waals surface area contributed by atoms with Crippen LogP contribution < -0.4 is 0 Å². The molecular weight excluding hydrogens is 288 g/mol. The van der Waals surface area contributed by atoms with E-state index in [1.165, 1.54) is 0 Å². The number of aliphatic imine (C=N–C) groups is 2. The van der Waals surface area contributed by atoms with Crippen molar-refractivity contribution in [1.29, 1.82) is 0 Å². The van der Waals surface area contributed by atoms with Crippen LogP contribution in [0.2, 0.25) is 0 Å². The van der Waals surface area contributed by atoms with Crippen molar-refractivity contribution in [3.63, 3.8) is 0 Å². The lowest BCUT2D eigenvalue weighted by Gasteiger charge is -2.31. The van der Waals surface area contributed by atoms with E-state index in [9.17, 15) is 4.79 Å². The predicted octanol–water partition coefficient (Wildman–Crippen LogP) is 2.69. The van der Waals surface area contributed by atoms with Crippen molar-refractivity contribution in [3.05, 3.63) is 17.8 Å². The lowest BCUT2D eigenvalue weighted by Crippen LogP contribution is -2.37. The Balaban J connectivity index is 2.06. The maximum atomic E-state index is 11.3. The van der Waals surface area contributed by atoms with Gasteiger partial charge in [0, 0.05) is 39.8 Å². The number of hydrogen-bond donors (Lipinski definition) is 0. The highest BCUT2D eigenvalue weighted by molar-refractivity contribution is 6.70. The van der Waals surface area contributed by atoms with E-state index in [-0.39, 0.29) is 5.91 Å². The zero-order valence-corrected chi connectivity index (χ0v) is 13.3. The normalized spacial score (nSPS) is 17.1. The van der Waals surface area contributed by atoms with E-state index in [0.717, 1.165) is 43.9 Å². The van der Waals surface area contributed by atoms with Gasteiger partial charge in [0.2, 0.25) is 5.91 Å². The number of aromatic nitrogens is 1. The Labute approximate surface area is 130 Å². The molecule has 21 heavy (non-hydrogen) atoms. The summed E-state index contributed by atoms with van der Waals surface area (Å²) in [5, 5.41) is 0.447. The van der Waals surface area contributed by atoms with Crippen molar-refractivity contribution in [3.8, 4) is 0 Å². The van der Waals surface area contributed by atoms with Crippen LogP contribution in [-0.4, -0.2) is 47.4 Å². The lowest BCUT2D eigenvalue weighted by molar-refractivity contribution is -0.130. The van der Waals surface area contributed by atoms with Gasteiger partial charge in [-0.3, -0.25) is 9.79 Å². The molecule has 0 aromatic carbocycles. The first-order valence-electron chi connectivity index (χ1n) is 7.10. The molecule has 1 amide bonds. The summed E-state index contributed by atoms with van der Waals surface area (Å²) in [6.45, 7) is 7.80. The molecule has 1 aromatic rings. The Bertz CT molecular complexity index is 556. The highest BCUT2D eigenvalue weighted by atomic mass is 35.5. The van der Waals surface area contributed by atoms with Gasteiger partial charge in [-0.1, -0.05) is 11.6 Å². The van der Waals surface area contributed by atoms with Gasteiger partial charge >= 0.3 is 0 Å². The molecule has 2 heterocycles. The van der Waals surface area contributed by atoms with Crippen molar-refractivity contribution in [1.82, 2.24) is 9.47 Å². The van der Waals surface area contributed by atoms with Crippen LogP contribution in [0, 0.1) is 5.92 Å². The highest BCUT2D eigenvalue weighted by Crippen LogP contribution is 2.27. The molecule has 1 aliphatic heterocycles.